The zero-order chi connectivity index (χ0) is 18.2. The van der Waals surface area contributed by atoms with E-state index in [-0.39, 0.29) is 10.6 Å². The number of hydrogen-bond donors (Lipinski definition) is 0. The molecule has 0 radical (unpaired) electrons. The summed E-state index contributed by atoms with van der Waals surface area (Å²) in [5, 5.41) is 11.0. The monoisotopic (exact) mass is 361 g/mol. The molecule has 1 unspecified atom stereocenters. The highest BCUT2D eigenvalue weighted by Gasteiger charge is 2.21. The lowest BCUT2D eigenvalue weighted by atomic mass is 10.1. The van der Waals surface area contributed by atoms with Gasteiger partial charge in [0.1, 0.15) is 16.4 Å². The van der Waals surface area contributed by atoms with Gasteiger partial charge in [0.15, 0.2) is 0 Å². The molecule has 0 saturated carbocycles. The van der Waals surface area contributed by atoms with E-state index in [2.05, 4.69) is 6.92 Å². The topological polar surface area (TPSA) is 86.5 Å². The number of nitrogens with zero attached hydrogens (tertiary/aromatic N) is 1. The van der Waals surface area contributed by atoms with Gasteiger partial charge < -0.3 is 4.74 Å². The van der Waals surface area contributed by atoms with Gasteiger partial charge in [-0.2, -0.15) is 0 Å². The molecule has 25 heavy (non-hydrogen) atoms. The largest absolute Gasteiger partial charge is 0.426 e. The summed E-state index contributed by atoms with van der Waals surface area (Å²) >= 11 is 0. The molecule has 0 aliphatic carbocycles. The zero-order valence-electron chi connectivity index (χ0n) is 13.8. The minimum Gasteiger partial charge on any atom is -0.426 e. The molecule has 6 nitrogen and oxygen atoms in total. The Morgan fingerprint density at radius 3 is 2.48 bits per heavy atom. The molecule has 2 rings (SSSR count). The van der Waals surface area contributed by atoms with Gasteiger partial charge in [0.2, 0.25) is 0 Å². The molecule has 1 atom stereocenters. The van der Waals surface area contributed by atoms with Gasteiger partial charge in [0.05, 0.1) is 15.7 Å². The third-order valence-corrected chi connectivity index (χ3v) is 4.86. The van der Waals surface area contributed by atoms with Crippen molar-refractivity contribution in [3.05, 3.63) is 64.2 Å². The lowest BCUT2D eigenvalue weighted by Gasteiger charge is -2.06. The van der Waals surface area contributed by atoms with Crippen LogP contribution in [-0.2, 0) is 22.0 Å². The Bertz CT molecular complexity index is 773. The fourth-order valence-electron chi connectivity index (χ4n) is 2.25. The average Bonchev–Trinajstić information content (AvgIpc) is 2.61. The van der Waals surface area contributed by atoms with Crippen LogP contribution in [0, 0.1) is 10.1 Å². The summed E-state index contributed by atoms with van der Waals surface area (Å²) in [7, 11) is -1.84. The second-order valence-electron chi connectivity index (χ2n) is 5.44. The molecule has 0 aliphatic rings. The quantitative estimate of drug-likeness (QED) is 0.310. The van der Waals surface area contributed by atoms with E-state index in [1.807, 2.05) is 12.1 Å². The van der Waals surface area contributed by atoms with E-state index in [0.29, 0.717) is 5.75 Å². The zero-order valence-corrected chi connectivity index (χ0v) is 14.7. The maximum atomic E-state index is 12.2. The number of nitro groups is 1. The maximum Gasteiger partial charge on any atom is 0.324 e. The minimum absolute atomic E-state index is 0.0133. The van der Waals surface area contributed by atoms with Crippen molar-refractivity contribution in [3.63, 3.8) is 0 Å². The average molecular weight is 361 g/mol. The fourth-order valence-corrected chi connectivity index (χ4v) is 3.29. The van der Waals surface area contributed by atoms with Gasteiger partial charge in [-0.25, -0.2) is 0 Å². The van der Waals surface area contributed by atoms with Crippen molar-refractivity contribution in [2.24, 2.45) is 0 Å². The Balaban J connectivity index is 1.98. The summed E-state index contributed by atoms with van der Waals surface area (Å²) < 4.78 is 17.4. The predicted molar refractivity (Wildman–Crippen MR) is 95.1 cm³/mol. The summed E-state index contributed by atoms with van der Waals surface area (Å²) in [4.78, 5) is 22.3. The second-order valence-corrected chi connectivity index (χ2v) is 6.86. The number of unbranched alkanes of at least 4 members (excludes halogenated alkanes) is 1. The first-order valence-electron chi connectivity index (χ1n) is 7.92. The summed E-state index contributed by atoms with van der Waals surface area (Å²) in [6, 6.07) is 12.8. The van der Waals surface area contributed by atoms with Crippen LogP contribution >= 0.6 is 0 Å². The van der Waals surface area contributed by atoms with Crippen LogP contribution in [0.4, 0.5) is 5.69 Å². The molecule has 0 aliphatic heterocycles. The van der Waals surface area contributed by atoms with Crippen molar-refractivity contribution in [3.8, 4) is 5.75 Å². The maximum absolute atomic E-state index is 12.2. The number of rotatable bonds is 8. The molecular formula is C18H19NO5S. The van der Waals surface area contributed by atoms with Crippen LogP contribution in [0.1, 0.15) is 25.3 Å². The third kappa shape index (κ3) is 5.49. The van der Waals surface area contributed by atoms with Crippen LogP contribution < -0.4 is 4.74 Å². The van der Waals surface area contributed by atoms with Gasteiger partial charge in [-0.05, 0) is 36.6 Å². The first kappa shape index (κ1) is 18.8. The normalized spacial score (nSPS) is 11.7. The van der Waals surface area contributed by atoms with Gasteiger partial charge >= 0.3 is 5.97 Å². The highest BCUT2D eigenvalue weighted by atomic mass is 32.2. The number of aryl methyl sites for hydroxylation is 1. The van der Waals surface area contributed by atoms with E-state index in [9.17, 15) is 19.1 Å². The molecule has 0 spiro atoms. The molecule has 2 aromatic rings. The van der Waals surface area contributed by atoms with Crippen LogP contribution in [0.25, 0.3) is 0 Å². The Labute approximate surface area is 148 Å². The standard InChI is InChI=1S/C18H19NO5S/c1-2-3-6-14-9-11-15(12-10-14)24-18(20)13-25(23)17-8-5-4-7-16(17)19(21)22/h4-5,7-12H,2-3,6,13H2,1H3. The first-order chi connectivity index (χ1) is 12.0. The highest BCUT2D eigenvalue weighted by Crippen LogP contribution is 2.22. The Kier molecular flexibility index (Phi) is 6.82. The molecule has 0 fully saturated rings. The molecule has 0 heterocycles. The number of ether oxygens (including phenoxy) is 1. The highest BCUT2D eigenvalue weighted by molar-refractivity contribution is 7.85. The van der Waals surface area contributed by atoms with Crippen molar-refractivity contribution >= 4 is 22.5 Å². The Hall–Kier alpha value is -2.54. The minimum atomic E-state index is -1.84. The van der Waals surface area contributed by atoms with Crippen molar-refractivity contribution in [1.29, 1.82) is 0 Å². The summed E-state index contributed by atoms with van der Waals surface area (Å²) in [6.07, 6.45) is 3.16. The van der Waals surface area contributed by atoms with E-state index in [1.165, 1.54) is 18.2 Å². The smallest absolute Gasteiger partial charge is 0.324 e. The Morgan fingerprint density at radius 2 is 1.84 bits per heavy atom. The SMILES string of the molecule is CCCCc1ccc(OC(=O)CS(=O)c2ccccc2[N+](=O)[O-])cc1. The number of carbonyl (C=O) groups excluding carboxylic acids is 1. The van der Waals surface area contributed by atoms with E-state index in [1.54, 1.807) is 18.2 Å². The summed E-state index contributed by atoms with van der Waals surface area (Å²) in [6.45, 7) is 2.12. The van der Waals surface area contributed by atoms with Crippen molar-refractivity contribution in [2.75, 3.05) is 5.75 Å². The second kappa shape index (κ2) is 9.08. The molecule has 7 heteroatoms. The molecule has 0 amide bonds. The fraction of sp³-hybridized carbons (Fsp3) is 0.278. The Morgan fingerprint density at radius 1 is 1.16 bits per heavy atom. The van der Waals surface area contributed by atoms with Crippen molar-refractivity contribution in [1.82, 2.24) is 0 Å². The van der Waals surface area contributed by atoms with Crippen LogP contribution in [0.2, 0.25) is 0 Å². The summed E-state index contributed by atoms with van der Waals surface area (Å²) in [5.74, 6) is -0.773. The van der Waals surface area contributed by atoms with Crippen LogP contribution in [-0.4, -0.2) is 20.9 Å². The van der Waals surface area contributed by atoms with Crippen LogP contribution in [0.15, 0.2) is 53.4 Å². The number of carbonyl (C=O) groups is 1. The number of para-hydroxylation sites is 1. The van der Waals surface area contributed by atoms with Crippen LogP contribution in [0.5, 0.6) is 5.75 Å². The van der Waals surface area contributed by atoms with Crippen LogP contribution in [0.3, 0.4) is 0 Å². The third-order valence-electron chi connectivity index (χ3n) is 3.53. The lowest BCUT2D eigenvalue weighted by Crippen LogP contribution is -2.17. The van der Waals surface area contributed by atoms with E-state index >= 15 is 0 Å². The van der Waals surface area contributed by atoms with Gasteiger partial charge in [-0.1, -0.05) is 37.6 Å². The van der Waals surface area contributed by atoms with Crippen molar-refractivity contribution in [2.45, 2.75) is 31.1 Å². The van der Waals surface area contributed by atoms with E-state index < -0.39 is 27.4 Å². The predicted octanol–water partition coefficient (Wildman–Crippen LogP) is 3.65. The van der Waals surface area contributed by atoms with E-state index in [4.69, 9.17) is 4.74 Å². The first-order valence-corrected chi connectivity index (χ1v) is 9.24. The van der Waals surface area contributed by atoms with Gasteiger partial charge in [-0.15, -0.1) is 0 Å². The van der Waals surface area contributed by atoms with Crippen molar-refractivity contribution < 1.29 is 18.7 Å². The summed E-state index contributed by atoms with van der Waals surface area (Å²) in [5.41, 5.74) is 0.888. The molecule has 0 aromatic heterocycles. The molecular weight excluding hydrogens is 342 g/mol. The van der Waals surface area contributed by atoms with Gasteiger partial charge in [-0.3, -0.25) is 19.1 Å². The lowest BCUT2D eigenvalue weighted by molar-refractivity contribution is -0.387. The molecule has 2 aromatic carbocycles. The molecule has 0 N–H and O–H groups in total. The van der Waals surface area contributed by atoms with Gasteiger partial charge in [0.25, 0.3) is 5.69 Å². The van der Waals surface area contributed by atoms with Gasteiger partial charge in [0, 0.05) is 6.07 Å². The number of esters is 1. The number of hydrogen-bond acceptors (Lipinski definition) is 5. The van der Waals surface area contributed by atoms with E-state index in [0.717, 1.165) is 24.8 Å². The number of nitro benzene ring substituents is 1. The molecule has 0 bridgehead atoms. The number of benzene rings is 2. The molecule has 0 saturated heterocycles. The molecule has 132 valence electrons.